The normalized spacial score (nSPS) is 16.1. The maximum atomic E-state index is 9.30. The van der Waals surface area contributed by atoms with E-state index in [1.54, 1.807) is 11.8 Å². The highest BCUT2D eigenvalue weighted by molar-refractivity contribution is 8.29. The van der Waals surface area contributed by atoms with Gasteiger partial charge in [-0.15, -0.1) is 23.5 Å². The number of thioether (sulfide) groups is 2. The zero-order valence-corrected chi connectivity index (χ0v) is 14.0. The van der Waals surface area contributed by atoms with Crippen LogP contribution in [0, 0.1) is 11.3 Å². The smallest absolute Gasteiger partial charge is 0.0824 e. The molecule has 5 heteroatoms. The SMILES string of the molecule is CCCSc1ccc(C2(C#N)CC2)cc1SCSCl. The van der Waals surface area contributed by atoms with Crippen molar-refractivity contribution in [3.63, 3.8) is 0 Å². The lowest BCUT2D eigenvalue weighted by Gasteiger charge is -2.12. The van der Waals surface area contributed by atoms with Crippen molar-refractivity contribution >= 4 is 45.2 Å². The van der Waals surface area contributed by atoms with Crippen LogP contribution in [-0.4, -0.2) is 10.8 Å². The third-order valence-corrected chi connectivity index (χ3v) is 6.87. The average molecular weight is 330 g/mol. The van der Waals surface area contributed by atoms with Crippen molar-refractivity contribution in [2.75, 3.05) is 10.8 Å². The average Bonchev–Trinajstić information content (AvgIpc) is 3.24. The minimum absolute atomic E-state index is 0.197. The van der Waals surface area contributed by atoms with Crippen LogP contribution in [0.5, 0.6) is 0 Å². The molecular formula is C14H16ClNS3. The fourth-order valence-corrected chi connectivity index (χ4v) is 4.58. The number of hydrogen-bond acceptors (Lipinski definition) is 4. The van der Waals surface area contributed by atoms with Gasteiger partial charge in [0.15, 0.2) is 0 Å². The standard InChI is InChI=1S/C14H16ClNS3/c1-2-7-17-12-4-3-11(14(9-16)5-6-14)8-13(12)18-10-19-15/h3-4,8H,2,5-7,10H2,1H3. The molecule has 1 aliphatic carbocycles. The molecule has 0 amide bonds. The number of benzene rings is 1. The van der Waals surface area contributed by atoms with Crippen LogP contribution in [-0.2, 0) is 5.41 Å². The van der Waals surface area contributed by atoms with Crippen molar-refractivity contribution in [3.05, 3.63) is 23.8 Å². The summed E-state index contributed by atoms with van der Waals surface area (Å²) < 4.78 is 0. The molecule has 1 fully saturated rings. The Morgan fingerprint density at radius 2 is 2.11 bits per heavy atom. The molecule has 19 heavy (non-hydrogen) atoms. The van der Waals surface area contributed by atoms with E-state index in [1.807, 2.05) is 11.8 Å². The van der Waals surface area contributed by atoms with E-state index < -0.39 is 0 Å². The van der Waals surface area contributed by atoms with E-state index >= 15 is 0 Å². The fraction of sp³-hybridized carbons (Fsp3) is 0.500. The van der Waals surface area contributed by atoms with Gasteiger partial charge in [-0.3, -0.25) is 0 Å². The van der Waals surface area contributed by atoms with Gasteiger partial charge in [-0.25, -0.2) is 0 Å². The second kappa shape index (κ2) is 7.17. The first kappa shape index (κ1) is 15.4. The van der Waals surface area contributed by atoms with Crippen LogP contribution in [0.3, 0.4) is 0 Å². The monoisotopic (exact) mass is 329 g/mol. The van der Waals surface area contributed by atoms with Crippen LogP contribution in [0.2, 0.25) is 0 Å². The highest BCUT2D eigenvalue weighted by atomic mass is 35.7. The maximum absolute atomic E-state index is 9.30. The van der Waals surface area contributed by atoms with Crippen molar-refractivity contribution in [1.29, 1.82) is 5.26 Å². The van der Waals surface area contributed by atoms with Gasteiger partial charge in [0.05, 0.1) is 16.6 Å². The first-order valence-electron chi connectivity index (χ1n) is 6.30. The van der Waals surface area contributed by atoms with Gasteiger partial charge in [0.2, 0.25) is 0 Å². The lowest BCUT2D eigenvalue weighted by Crippen LogP contribution is -2.02. The number of nitriles is 1. The minimum atomic E-state index is -0.197. The van der Waals surface area contributed by atoms with Crippen LogP contribution >= 0.6 is 45.2 Å². The summed E-state index contributed by atoms with van der Waals surface area (Å²) in [5, 5.41) is 10.1. The molecule has 0 spiro atoms. The lowest BCUT2D eigenvalue weighted by atomic mass is 9.98. The summed E-state index contributed by atoms with van der Waals surface area (Å²) in [4.78, 5) is 2.58. The first-order chi connectivity index (χ1) is 9.25. The van der Waals surface area contributed by atoms with Crippen LogP contribution in [0.15, 0.2) is 28.0 Å². The third kappa shape index (κ3) is 3.78. The van der Waals surface area contributed by atoms with Crippen LogP contribution in [0.4, 0.5) is 0 Å². The lowest BCUT2D eigenvalue weighted by molar-refractivity contribution is 0.896. The van der Waals surface area contributed by atoms with Gasteiger partial charge in [-0.2, -0.15) is 5.26 Å². The van der Waals surface area contributed by atoms with Crippen molar-refractivity contribution in [2.45, 2.75) is 41.4 Å². The molecule has 0 unspecified atom stereocenters. The molecule has 1 saturated carbocycles. The van der Waals surface area contributed by atoms with Crippen molar-refractivity contribution in [1.82, 2.24) is 0 Å². The quantitative estimate of drug-likeness (QED) is 0.474. The number of hydrogen-bond donors (Lipinski definition) is 0. The Hall–Kier alpha value is 0.0500. The minimum Gasteiger partial charge on any atom is -0.197 e. The molecule has 0 aliphatic heterocycles. The zero-order chi connectivity index (χ0) is 13.7. The second-order valence-corrected chi connectivity index (χ2v) is 8.26. The highest BCUT2D eigenvalue weighted by Crippen LogP contribution is 2.49. The molecule has 1 aromatic rings. The largest absolute Gasteiger partial charge is 0.197 e. The van der Waals surface area contributed by atoms with E-state index in [0.717, 1.165) is 23.7 Å². The summed E-state index contributed by atoms with van der Waals surface area (Å²) in [5.41, 5.74) is 0.982. The van der Waals surface area contributed by atoms with Gasteiger partial charge in [0, 0.05) is 9.79 Å². The summed E-state index contributed by atoms with van der Waals surface area (Å²) >= 11 is 3.66. The van der Waals surface area contributed by atoms with Gasteiger partial charge in [-0.1, -0.05) is 13.0 Å². The summed E-state index contributed by atoms with van der Waals surface area (Å²) in [7, 11) is 7.04. The van der Waals surface area contributed by atoms with E-state index in [-0.39, 0.29) is 5.41 Å². The first-order valence-corrected chi connectivity index (χ1v) is 10.1. The Labute approximate surface area is 132 Å². The molecule has 0 bridgehead atoms. The van der Waals surface area contributed by atoms with E-state index in [0.29, 0.717) is 0 Å². The molecule has 0 saturated heterocycles. The summed E-state index contributed by atoms with van der Waals surface area (Å²) in [6.07, 6.45) is 3.17. The predicted molar refractivity (Wildman–Crippen MR) is 88.2 cm³/mol. The number of nitrogens with zero attached hydrogens (tertiary/aromatic N) is 1. The van der Waals surface area contributed by atoms with E-state index in [4.69, 9.17) is 10.7 Å². The summed E-state index contributed by atoms with van der Waals surface area (Å²) in [5.74, 6) is 1.13. The Kier molecular flexibility index (Phi) is 5.83. The molecular weight excluding hydrogens is 314 g/mol. The van der Waals surface area contributed by atoms with Gasteiger partial charge in [0.25, 0.3) is 0 Å². The maximum Gasteiger partial charge on any atom is 0.0824 e. The van der Waals surface area contributed by atoms with E-state index in [2.05, 4.69) is 31.2 Å². The van der Waals surface area contributed by atoms with Crippen LogP contribution < -0.4 is 0 Å². The molecule has 0 atom stereocenters. The topological polar surface area (TPSA) is 23.8 Å². The van der Waals surface area contributed by atoms with Gasteiger partial charge in [-0.05, 0) is 64.4 Å². The predicted octanol–water partition coefficient (Wildman–Crippen LogP) is 5.68. The molecule has 0 aromatic heterocycles. The third-order valence-electron chi connectivity index (χ3n) is 3.18. The Balaban J connectivity index is 2.23. The van der Waals surface area contributed by atoms with Gasteiger partial charge >= 0.3 is 0 Å². The Bertz CT molecular complexity index is 480. The number of rotatable bonds is 7. The van der Waals surface area contributed by atoms with E-state index in [9.17, 15) is 5.26 Å². The Morgan fingerprint density at radius 3 is 2.68 bits per heavy atom. The number of halogens is 1. The van der Waals surface area contributed by atoms with Crippen molar-refractivity contribution in [3.8, 4) is 6.07 Å². The molecule has 1 aromatic carbocycles. The molecule has 0 heterocycles. The molecule has 1 nitrogen and oxygen atoms in total. The van der Waals surface area contributed by atoms with Crippen LogP contribution in [0.25, 0.3) is 0 Å². The highest BCUT2D eigenvalue weighted by Gasteiger charge is 2.45. The summed E-state index contributed by atoms with van der Waals surface area (Å²) in [6, 6.07) is 8.97. The molecule has 1 aliphatic rings. The van der Waals surface area contributed by atoms with Gasteiger partial charge < -0.3 is 0 Å². The molecule has 0 radical (unpaired) electrons. The summed E-state index contributed by atoms with van der Waals surface area (Å²) in [6.45, 7) is 2.19. The fourth-order valence-electron chi connectivity index (χ4n) is 1.93. The van der Waals surface area contributed by atoms with E-state index in [1.165, 1.54) is 32.8 Å². The van der Waals surface area contributed by atoms with Crippen molar-refractivity contribution < 1.29 is 0 Å². The second-order valence-electron chi connectivity index (χ2n) is 4.58. The zero-order valence-electron chi connectivity index (χ0n) is 10.8. The van der Waals surface area contributed by atoms with Gasteiger partial charge in [0.1, 0.15) is 0 Å². The van der Waals surface area contributed by atoms with Crippen LogP contribution in [0.1, 0.15) is 31.7 Å². The molecule has 102 valence electrons. The molecule has 0 N–H and O–H groups in total. The Morgan fingerprint density at radius 1 is 1.32 bits per heavy atom. The van der Waals surface area contributed by atoms with Crippen molar-refractivity contribution in [2.24, 2.45) is 0 Å². The molecule has 2 rings (SSSR count).